The number of carbonyl (C=O) groups excluding carboxylic acids is 1. The van der Waals surface area contributed by atoms with E-state index >= 15 is 0 Å². The second kappa shape index (κ2) is 15.2. The highest BCUT2D eigenvalue weighted by molar-refractivity contribution is 5.60. The van der Waals surface area contributed by atoms with Crippen molar-refractivity contribution < 1.29 is 21.7 Å². The third-order valence-corrected chi connectivity index (χ3v) is 5.96. The van der Waals surface area contributed by atoms with E-state index in [4.69, 9.17) is 28.4 Å². The van der Waals surface area contributed by atoms with Gasteiger partial charge in [-0.15, -0.1) is 0 Å². The lowest BCUT2D eigenvalue weighted by Gasteiger charge is -2.38. The molecule has 2 atom stereocenters. The van der Waals surface area contributed by atoms with E-state index in [0.717, 1.165) is 12.8 Å². The number of rotatable bonds is 7. The van der Waals surface area contributed by atoms with Gasteiger partial charge in [0.25, 0.3) is 0 Å². The smallest absolute Gasteiger partial charge is 0.130 e. The minimum absolute atomic E-state index is 0.00518. The maximum absolute atomic E-state index is 10.0. The fraction of sp³-hybridized carbons (Fsp3) is 0.552. The Hall–Kier alpha value is -2.13. The normalized spacial score (nSPS) is 22.1. The Kier molecular flexibility index (Phi) is 11.4. The molecule has 2 unspecified atom stereocenters. The largest absolute Gasteiger partial charge is 0.380 e. The molecule has 0 aliphatic carbocycles. The number of nitrogens with two attached hydrogens (primary N) is 2. The predicted octanol–water partition coefficient (Wildman–Crippen LogP) is 3.16. The van der Waals surface area contributed by atoms with Gasteiger partial charge in [0, 0.05) is 39.7 Å². The Labute approximate surface area is 219 Å². The fourth-order valence-corrected chi connectivity index (χ4v) is 3.14. The van der Waals surface area contributed by atoms with E-state index < -0.39 is 6.52 Å². The Morgan fingerprint density at radius 3 is 1.53 bits per heavy atom. The summed E-state index contributed by atoms with van der Waals surface area (Å²) in [6.45, 7) is 10.5. The molecule has 0 spiro atoms. The molecule has 36 heavy (non-hydrogen) atoms. The number of aldehydes is 1. The molecule has 7 heteroatoms. The summed E-state index contributed by atoms with van der Waals surface area (Å²) in [5.74, 6) is 0. The van der Waals surface area contributed by atoms with Gasteiger partial charge in [-0.05, 0) is 18.1 Å². The molecule has 0 radical (unpaired) electrons. The average Bonchev–Trinajstić information content (AvgIpc) is 2.89. The lowest BCUT2D eigenvalue weighted by atomic mass is 9.89. The molecule has 200 valence electrons. The molecule has 0 aromatic heterocycles. The fourth-order valence-electron chi connectivity index (χ4n) is 3.14. The van der Waals surface area contributed by atoms with Crippen molar-refractivity contribution in [2.24, 2.45) is 27.7 Å². The summed E-state index contributed by atoms with van der Waals surface area (Å²) >= 11 is 0. The first-order valence-electron chi connectivity index (χ1n) is 13.5. The highest BCUT2D eigenvalue weighted by Crippen LogP contribution is 2.25. The maximum Gasteiger partial charge on any atom is 0.130 e. The second-order valence-corrected chi connectivity index (χ2v) is 10.4. The van der Waals surface area contributed by atoms with Crippen LogP contribution in [0, 0.1) is 16.2 Å². The lowest BCUT2D eigenvalue weighted by molar-refractivity contribution is -0.141. The van der Waals surface area contributed by atoms with E-state index in [1.54, 1.807) is 0 Å². The third-order valence-electron chi connectivity index (χ3n) is 5.96. The van der Waals surface area contributed by atoms with Crippen molar-refractivity contribution >= 4 is 6.29 Å². The molecular formula is C29H45N3O4. The van der Waals surface area contributed by atoms with Gasteiger partial charge in [0.15, 0.2) is 0 Å². The number of benzene rings is 2. The standard InChI is InChI=1S/C12H17NO.C7H9N.C5H11NO.C5H8O2/c1-12(9-14-10-12)8-13-7-11-5-3-2-4-6-11;8-6-7-4-2-1-3-5-7;2*1-5(2-6)3-7-4-5/h2-6,13H,7-10H2,1H3;1-5H,6,8H2;2-4,6H2,1H3;2H,3-4H2,1H3/i8D;;2D;. The summed E-state index contributed by atoms with van der Waals surface area (Å²) in [6.07, 6.45) is 0.955. The van der Waals surface area contributed by atoms with Crippen molar-refractivity contribution in [3.63, 3.8) is 0 Å². The molecule has 0 saturated carbocycles. The van der Waals surface area contributed by atoms with E-state index in [1.165, 1.54) is 11.1 Å². The van der Waals surface area contributed by atoms with E-state index in [0.29, 0.717) is 46.2 Å². The summed E-state index contributed by atoms with van der Waals surface area (Å²) in [5, 5.41) is 3.23. The first kappa shape index (κ1) is 26.9. The summed E-state index contributed by atoms with van der Waals surface area (Å²) in [5.41, 5.74) is 12.9. The Morgan fingerprint density at radius 2 is 1.28 bits per heavy atom. The van der Waals surface area contributed by atoms with Crippen LogP contribution >= 0.6 is 0 Å². The van der Waals surface area contributed by atoms with E-state index in [9.17, 15) is 4.79 Å². The topological polar surface area (TPSA) is 109 Å². The van der Waals surface area contributed by atoms with Crippen molar-refractivity contribution in [1.82, 2.24) is 5.32 Å². The van der Waals surface area contributed by atoms with Gasteiger partial charge in [0.1, 0.15) is 6.29 Å². The van der Waals surface area contributed by atoms with Gasteiger partial charge in [-0.25, -0.2) is 0 Å². The zero-order valence-corrected chi connectivity index (χ0v) is 22.0. The number of ether oxygens (including phenoxy) is 3. The van der Waals surface area contributed by atoms with Gasteiger partial charge in [-0.3, -0.25) is 0 Å². The summed E-state index contributed by atoms with van der Waals surface area (Å²) < 4.78 is 30.0. The van der Waals surface area contributed by atoms with Crippen LogP contribution in [0.5, 0.6) is 0 Å². The highest BCUT2D eigenvalue weighted by atomic mass is 16.5. The third kappa shape index (κ3) is 10.9. The molecule has 2 aromatic rings. The Bertz CT molecular complexity index is 922. The molecule has 5 rings (SSSR count). The van der Waals surface area contributed by atoms with Gasteiger partial charge >= 0.3 is 0 Å². The molecule has 3 aliphatic heterocycles. The second-order valence-electron chi connectivity index (χ2n) is 10.4. The first-order chi connectivity index (χ1) is 18.1. The zero-order valence-electron chi connectivity index (χ0n) is 24.0. The maximum atomic E-state index is 10.0. The van der Waals surface area contributed by atoms with Crippen molar-refractivity contribution in [2.45, 2.75) is 33.9 Å². The molecule has 3 heterocycles. The average molecular weight is 502 g/mol. The monoisotopic (exact) mass is 501 g/mol. The molecule has 3 saturated heterocycles. The van der Waals surface area contributed by atoms with Gasteiger partial charge in [0.2, 0.25) is 0 Å². The summed E-state index contributed by atoms with van der Waals surface area (Å²) in [6, 6.07) is 20.2. The Morgan fingerprint density at radius 1 is 0.806 bits per heavy atom. The van der Waals surface area contributed by atoms with E-state index in [2.05, 4.69) is 24.4 Å². The van der Waals surface area contributed by atoms with Crippen molar-refractivity contribution in [3.05, 3.63) is 71.8 Å². The zero-order chi connectivity index (χ0) is 28.1. The quantitative estimate of drug-likeness (QED) is 0.500. The van der Waals surface area contributed by atoms with Crippen molar-refractivity contribution in [3.8, 4) is 0 Å². The van der Waals surface area contributed by atoms with Crippen molar-refractivity contribution in [2.75, 3.05) is 52.7 Å². The van der Waals surface area contributed by atoms with E-state index in [-0.39, 0.29) is 22.8 Å². The van der Waals surface area contributed by atoms with Crippen LogP contribution in [-0.2, 0) is 32.1 Å². The number of carbonyl (C=O) groups is 1. The molecule has 3 aliphatic rings. The van der Waals surface area contributed by atoms with Crippen LogP contribution in [0.2, 0.25) is 0 Å². The minimum atomic E-state index is -0.476. The summed E-state index contributed by atoms with van der Waals surface area (Å²) in [4.78, 5) is 10.0. The summed E-state index contributed by atoms with van der Waals surface area (Å²) in [7, 11) is 0. The van der Waals surface area contributed by atoms with Crippen LogP contribution in [0.3, 0.4) is 0 Å². The molecular weight excluding hydrogens is 454 g/mol. The van der Waals surface area contributed by atoms with Crippen LogP contribution in [0.1, 0.15) is 34.6 Å². The number of nitrogens with one attached hydrogen (secondary N) is 1. The van der Waals surface area contributed by atoms with Crippen LogP contribution in [0.15, 0.2) is 60.7 Å². The predicted molar refractivity (Wildman–Crippen MR) is 144 cm³/mol. The van der Waals surface area contributed by atoms with Crippen LogP contribution in [0.25, 0.3) is 0 Å². The van der Waals surface area contributed by atoms with Crippen LogP contribution in [-0.4, -0.2) is 59.0 Å². The van der Waals surface area contributed by atoms with Gasteiger partial charge in [-0.2, -0.15) is 0 Å². The van der Waals surface area contributed by atoms with Crippen LogP contribution in [0.4, 0.5) is 0 Å². The number of hydrogen-bond donors (Lipinski definition) is 3. The molecule has 2 aromatic carbocycles. The van der Waals surface area contributed by atoms with Gasteiger partial charge in [0.05, 0.1) is 45.1 Å². The molecule has 0 bridgehead atoms. The molecule has 7 nitrogen and oxygen atoms in total. The highest BCUT2D eigenvalue weighted by Gasteiger charge is 2.33. The minimum Gasteiger partial charge on any atom is -0.380 e. The SMILES string of the molecule is CC1(C=O)COC1.NCc1ccccc1.[2H]C(N)C1(C)COC1.[2H]C(NCc1ccccc1)C1(C)COC1. The van der Waals surface area contributed by atoms with Gasteiger partial charge in [-0.1, -0.05) is 74.5 Å². The lowest BCUT2D eigenvalue weighted by Crippen LogP contribution is -2.47. The molecule has 0 amide bonds. The molecule has 3 fully saturated rings. The Balaban J connectivity index is 0.000000189. The van der Waals surface area contributed by atoms with Gasteiger partial charge < -0.3 is 35.8 Å². The first-order valence-corrected chi connectivity index (χ1v) is 12.4. The van der Waals surface area contributed by atoms with Crippen LogP contribution < -0.4 is 16.8 Å². The van der Waals surface area contributed by atoms with E-state index in [1.807, 2.05) is 62.4 Å². The number of hydrogen-bond acceptors (Lipinski definition) is 7. The van der Waals surface area contributed by atoms with Crippen molar-refractivity contribution in [1.29, 1.82) is 0 Å². The molecule has 5 N–H and O–H groups in total.